The van der Waals surface area contributed by atoms with E-state index in [0.29, 0.717) is 5.92 Å². The Morgan fingerprint density at radius 3 is 2.43 bits per heavy atom. The van der Waals surface area contributed by atoms with Gasteiger partial charge in [0.15, 0.2) is 0 Å². The molecular formula is C18H20INO. The zero-order valence-corrected chi connectivity index (χ0v) is 15.0. The summed E-state index contributed by atoms with van der Waals surface area (Å²) in [6.07, 6.45) is 0. The summed E-state index contributed by atoms with van der Waals surface area (Å²) in [6, 6.07) is 12.9. The van der Waals surface area contributed by atoms with Crippen molar-refractivity contribution in [3.05, 3.63) is 45.5 Å². The SMILES string of the molecule is CC(C)[C@@H]1N=C(c2cccc3cccc(I)c23)OC1(C)C. The van der Waals surface area contributed by atoms with Crippen molar-refractivity contribution in [2.45, 2.75) is 39.3 Å². The normalized spacial score (nSPS) is 20.7. The second-order valence-electron chi connectivity index (χ2n) is 6.47. The van der Waals surface area contributed by atoms with E-state index < -0.39 is 0 Å². The van der Waals surface area contributed by atoms with E-state index in [4.69, 9.17) is 9.73 Å². The first-order valence-corrected chi connectivity index (χ1v) is 8.42. The second kappa shape index (κ2) is 5.27. The quantitative estimate of drug-likeness (QED) is 0.657. The lowest BCUT2D eigenvalue weighted by atomic mass is 9.90. The van der Waals surface area contributed by atoms with Crippen LogP contribution in [0.25, 0.3) is 10.8 Å². The zero-order chi connectivity index (χ0) is 15.2. The van der Waals surface area contributed by atoms with Crippen molar-refractivity contribution in [2.75, 3.05) is 0 Å². The first-order chi connectivity index (χ1) is 9.90. The van der Waals surface area contributed by atoms with Crippen molar-refractivity contribution in [3.63, 3.8) is 0 Å². The number of hydrogen-bond acceptors (Lipinski definition) is 2. The first kappa shape index (κ1) is 14.8. The number of aliphatic imine (C=N–C) groups is 1. The lowest BCUT2D eigenvalue weighted by Gasteiger charge is -2.27. The van der Waals surface area contributed by atoms with Gasteiger partial charge >= 0.3 is 0 Å². The van der Waals surface area contributed by atoms with Crippen LogP contribution in [0.4, 0.5) is 0 Å². The zero-order valence-electron chi connectivity index (χ0n) is 12.9. The van der Waals surface area contributed by atoms with E-state index in [1.807, 2.05) is 0 Å². The van der Waals surface area contributed by atoms with Gasteiger partial charge in [0.05, 0.1) is 6.04 Å². The van der Waals surface area contributed by atoms with Gasteiger partial charge in [-0.15, -0.1) is 0 Å². The van der Waals surface area contributed by atoms with Gasteiger partial charge in [-0.2, -0.15) is 0 Å². The molecule has 0 amide bonds. The smallest absolute Gasteiger partial charge is 0.217 e. The number of rotatable bonds is 2. The number of benzene rings is 2. The molecule has 110 valence electrons. The van der Waals surface area contributed by atoms with Crippen molar-refractivity contribution in [3.8, 4) is 0 Å². The molecule has 0 aliphatic carbocycles. The summed E-state index contributed by atoms with van der Waals surface area (Å²) in [7, 11) is 0. The molecule has 1 aliphatic rings. The highest BCUT2D eigenvalue weighted by atomic mass is 127. The summed E-state index contributed by atoms with van der Waals surface area (Å²) in [5.74, 6) is 1.25. The molecule has 3 heteroatoms. The fourth-order valence-electron chi connectivity index (χ4n) is 3.17. The van der Waals surface area contributed by atoms with Crippen molar-refractivity contribution >= 4 is 39.3 Å². The Morgan fingerprint density at radius 2 is 1.81 bits per heavy atom. The number of hydrogen-bond donors (Lipinski definition) is 0. The Balaban J connectivity index is 2.16. The Kier molecular flexibility index (Phi) is 3.72. The average molecular weight is 393 g/mol. The minimum Gasteiger partial charge on any atom is -0.469 e. The molecule has 3 rings (SSSR count). The van der Waals surface area contributed by atoms with Crippen LogP contribution in [0.15, 0.2) is 41.4 Å². The Bertz CT molecular complexity index is 713. The van der Waals surface area contributed by atoms with Crippen LogP contribution in [-0.2, 0) is 4.74 Å². The molecule has 2 aromatic rings. The first-order valence-electron chi connectivity index (χ1n) is 7.34. The Hall–Kier alpha value is -1.10. The number of halogens is 1. The van der Waals surface area contributed by atoms with Crippen LogP contribution < -0.4 is 0 Å². The van der Waals surface area contributed by atoms with Gasteiger partial charge in [-0.25, -0.2) is 4.99 Å². The molecule has 1 heterocycles. The molecule has 2 aromatic carbocycles. The third-order valence-electron chi connectivity index (χ3n) is 4.04. The van der Waals surface area contributed by atoms with Gasteiger partial charge in [-0.3, -0.25) is 0 Å². The highest BCUT2D eigenvalue weighted by Gasteiger charge is 2.40. The summed E-state index contributed by atoms with van der Waals surface area (Å²) < 4.78 is 7.45. The average Bonchev–Trinajstić information content (AvgIpc) is 2.74. The Morgan fingerprint density at radius 1 is 1.14 bits per heavy atom. The van der Waals surface area contributed by atoms with E-state index in [0.717, 1.165) is 11.5 Å². The predicted molar refractivity (Wildman–Crippen MR) is 97.0 cm³/mol. The third kappa shape index (κ3) is 2.56. The van der Waals surface area contributed by atoms with E-state index in [1.165, 1.54) is 14.3 Å². The molecule has 21 heavy (non-hydrogen) atoms. The van der Waals surface area contributed by atoms with Gasteiger partial charge in [0.1, 0.15) is 5.60 Å². The topological polar surface area (TPSA) is 21.6 Å². The van der Waals surface area contributed by atoms with Crippen LogP contribution in [0.2, 0.25) is 0 Å². The maximum atomic E-state index is 6.22. The van der Waals surface area contributed by atoms with E-state index >= 15 is 0 Å². The number of fused-ring (bicyclic) bond motifs is 1. The molecule has 0 saturated heterocycles. The molecule has 0 N–H and O–H groups in total. The fourth-order valence-corrected chi connectivity index (χ4v) is 3.98. The Labute approximate surface area is 139 Å². The monoisotopic (exact) mass is 393 g/mol. The maximum Gasteiger partial charge on any atom is 0.217 e. The molecule has 0 saturated carbocycles. The summed E-state index contributed by atoms with van der Waals surface area (Å²) in [5.41, 5.74) is 0.861. The minimum atomic E-state index is -0.244. The summed E-state index contributed by atoms with van der Waals surface area (Å²) >= 11 is 2.39. The van der Waals surface area contributed by atoms with Gasteiger partial charge in [0, 0.05) is 14.5 Å². The standard InChI is InChI=1S/C18H20INO/c1-11(2)16-18(3,4)21-17(20-16)13-9-5-7-12-8-6-10-14(19)15(12)13/h5-11,16H,1-4H3/t16-/m0/s1. The van der Waals surface area contributed by atoms with Crippen LogP contribution in [0.5, 0.6) is 0 Å². The lowest BCUT2D eigenvalue weighted by Crippen LogP contribution is -2.36. The lowest BCUT2D eigenvalue weighted by molar-refractivity contribution is 0.0814. The predicted octanol–water partition coefficient (Wildman–Crippen LogP) is 5.02. The molecule has 0 radical (unpaired) electrons. The van der Waals surface area contributed by atoms with Crippen LogP contribution in [0.1, 0.15) is 33.3 Å². The molecule has 0 unspecified atom stereocenters. The fraction of sp³-hybridized carbons (Fsp3) is 0.389. The van der Waals surface area contributed by atoms with Crippen molar-refractivity contribution in [2.24, 2.45) is 10.9 Å². The molecular weight excluding hydrogens is 373 g/mol. The van der Waals surface area contributed by atoms with Crippen molar-refractivity contribution in [1.82, 2.24) is 0 Å². The summed E-state index contributed by atoms with van der Waals surface area (Å²) in [4.78, 5) is 4.89. The van der Waals surface area contributed by atoms with Crippen LogP contribution in [0, 0.1) is 9.49 Å². The number of nitrogens with zero attached hydrogens (tertiary/aromatic N) is 1. The van der Waals surface area contributed by atoms with Gasteiger partial charge in [0.25, 0.3) is 0 Å². The molecule has 0 bridgehead atoms. The largest absolute Gasteiger partial charge is 0.469 e. The molecule has 1 atom stereocenters. The van der Waals surface area contributed by atoms with Crippen LogP contribution in [-0.4, -0.2) is 17.5 Å². The van der Waals surface area contributed by atoms with E-state index in [9.17, 15) is 0 Å². The van der Waals surface area contributed by atoms with E-state index in [1.54, 1.807) is 0 Å². The molecule has 0 fully saturated rings. The molecule has 0 spiro atoms. The highest BCUT2D eigenvalue weighted by Crippen LogP contribution is 2.34. The van der Waals surface area contributed by atoms with Gasteiger partial charge in [-0.05, 0) is 59.9 Å². The van der Waals surface area contributed by atoms with Crippen LogP contribution >= 0.6 is 22.6 Å². The van der Waals surface area contributed by atoms with E-state index in [2.05, 4.69) is 86.7 Å². The maximum absolute atomic E-state index is 6.22. The molecule has 1 aliphatic heterocycles. The minimum absolute atomic E-state index is 0.198. The summed E-state index contributed by atoms with van der Waals surface area (Å²) in [5, 5.41) is 2.47. The van der Waals surface area contributed by atoms with Crippen LogP contribution in [0.3, 0.4) is 0 Å². The van der Waals surface area contributed by atoms with Gasteiger partial charge in [-0.1, -0.05) is 38.1 Å². The van der Waals surface area contributed by atoms with Gasteiger partial charge < -0.3 is 4.74 Å². The van der Waals surface area contributed by atoms with Crippen molar-refractivity contribution < 1.29 is 4.74 Å². The second-order valence-corrected chi connectivity index (χ2v) is 7.63. The van der Waals surface area contributed by atoms with E-state index in [-0.39, 0.29) is 11.6 Å². The van der Waals surface area contributed by atoms with Crippen molar-refractivity contribution in [1.29, 1.82) is 0 Å². The number of ether oxygens (including phenoxy) is 1. The third-order valence-corrected chi connectivity index (χ3v) is 4.94. The van der Waals surface area contributed by atoms with Gasteiger partial charge in [0.2, 0.25) is 5.90 Å². The molecule has 0 aromatic heterocycles. The summed E-state index contributed by atoms with van der Waals surface area (Å²) in [6.45, 7) is 8.67. The highest BCUT2D eigenvalue weighted by molar-refractivity contribution is 14.1. The molecule has 2 nitrogen and oxygen atoms in total.